The van der Waals surface area contributed by atoms with Gasteiger partial charge in [-0.2, -0.15) is 13.9 Å². The van der Waals surface area contributed by atoms with E-state index in [0.29, 0.717) is 34.7 Å². The van der Waals surface area contributed by atoms with Gasteiger partial charge in [-0.05, 0) is 31.2 Å². The maximum absolute atomic E-state index is 12.8. The number of hydrogen-bond acceptors (Lipinski definition) is 7. The lowest BCUT2D eigenvalue weighted by atomic mass is 10.2. The Balaban J connectivity index is 1.65. The monoisotopic (exact) mass is 398 g/mol. The first-order valence-corrected chi connectivity index (χ1v) is 8.79. The molecule has 0 saturated heterocycles. The molecule has 0 fully saturated rings. The summed E-state index contributed by atoms with van der Waals surface area (Å²) in [6.07, 6.45) is 2.74. The second-order valence-corrected chi connectivity index (χ2v) is 5.85. The fourth-order valence-electron chi connectivity index (χ4n) is 2.88. The van der Waals surface area contributed by atoms with Crippen LogP contribution in [0, 0.1) is 0 Å². The van der Waals surface area contributed by atoms with E-state index in [1.54, 1.807) is 25.1 Å². The molecule has 2 aromatic heterocycles. The zero-order valence-electron chi connectivity index (χ0n) is 15.3. The van der Waals surface area contributed by atoms with Crippen molar-refractivity contribution in [1.82, 2.24) is 9.97 Å². The van der Waals surface area contributed by atoms with Gasteiger partial charge in [0.15, 0.2) is 22.9 Å². The highest BCUT2D eigenvalue weighted by Crippen LogP contribution is 2.32. The summed E-state index contributed by atoms with van der Waals surface area (Å²) in [6.45, 7) is -0.931. The Morgan fingerprint density at radius 2 is 2.03 bits per heavy atom. The molecule has 148 valence electrons. The number of nitrogens with one attached hydrogen (secondary N) is 1. The Kier molecular flexibility index (Phi) is 5.19. The lowest BCUT2D eigenvalue weighted by molar-refractivity contribution is -0.0515. The van der Waals surface area contributed by atoms with Gasteiger partial charge in [-0.1, -0.05) is 18.2 Å². The summed E-state index contributed by atoms with van der Waals surface area (Å²) in [4.78, 5) is 8.40. The second kappa shape index (κ2) is 8.09. The molecule has 0 aliphatic carbocycles. The fourth-order valence-corrected chi connectivity index (χ4v) is 2.88. The van der Waals surface area contributed by atoms with Gasteiger partial charge in [0.1, 0.15) is 17.4 Å². The first kappa shape index (κ1) is 18.6. The predicted octanol–water partition coefficient (Wildman–Crippen LogP) is 4.82. The number of rotatable bonds is 7. The number of ether oxygens (including phenoxy) is 2. The van der Waals surface area contributed by atoms with E-state index in [1.807, 2.05) is 24.3 Å². The van der Waals surface area contributed by atoms with Crippen molar-refractivity contribution in [3.63, 3.8) is 0 Å². The van der Waals surface area contributed by atoms with Gasteiger partial charge in [0.2, 0.25) is 0 Å². The Morgan fingerprint density at radius 1 is 1.17 bits per heavy atom. The SMILES string of the molecule is CCOc1cccc(/C=N\Nc2ncnc3c2oc2ccccc23)c1OC(F)F. The number of halogens is 2. The van der Waals surface area contributed by atoms with Crippen LogP contribution in [0.5, 0.6) is 11.5 Å². The lowest BCUT2D eigenvalue weighted by Crippen LogP contribution is -2.07. The summed E-state index contributed by atoms with van der Waals surface area (Å²) >= 11 is 0. The Bertz CT molecular complexity index is 1180. The molecule has 0 atom stereocenters. The van der Waals surface area contributed by atoms with Crippen molar-refractivity contribution in [2.45, 2.75) is 13.5 Å². The predicted molar refractivity (Wildman–Crippen MR) is 105 cm³/mol. The Hall–Kier alpha value is -3.75. The number of benzene rings is 2. The third kappa shape index (κ3) is 3.79. The van der Waals surface area contributed by atoms with Crippen molar-refractivity contribution in [3.05, 3.63) is 54.4 Å². The van der Waals surface area contributed by atoms with Crippen LogP contribution >= 0.6 is 0 Å². The average molecular weight is 398 g/mol. The molecule has 0 aliphatic rings. The van der Waals surface area contributed by atoms with E-state index in [9.17, 15) is 8.78 Å². The van der Waals surface area contributed by atoms with E-state index < -0.39 is 6.61 Å². The van der Waals surface area contributed by atoms with Crippen LogP contribution in [0.2, 0.25) is 0 Å². The standard InChI is InChI=1S/C20H16F2N4O3/c1-2-27-15-9-5-6-12(17(15)29-20(21)22)10-25-26-19-18-16(23-11-24-19)13-7-3-4-8-14(13)28-18/h3-11,20H,2H2,1H3,(H,23,24,26)/b25-10-. The van der Waals surface area contributed by atoms with Crippen LogP contribution in [0.4, 0.5) is 14.6 Å². The molecule has 0 spiro atoms. The molecule has 9 heteroatoms. The summed E-state index contributed by atoms with van der Waals surface area (Å²) in [5.74, 6) is 0.463. The first-order valence-electron chi connectivity index (χ1n) is 8.79. The summed E-state index contributed by atoms with van der Waals surface area (Å²) in [6, 6.07) is 12.3. The molecule has 0 amide bonds. The summed E-state index contributed by atoms with van der Waals surface area (Å²) in [7, 11) is 0. The largest absolute Gasteiger partial charge is 0.490 e. The van der Waals surface area contributed by atoms with Gasteiger partial charge in [0.05, 0.1) is 12.8 Å². The molecule has 29 heavy (non-hydrogen) atoms. The number of hydrazone groups is 1. The van der Waals surface area contributed by atoms with Crippen molar-refractivity contribution in [1.29, 1.82) is 0 Å². The number of para-hydroxylation sites is 2. The van der Waals surface area contributed by atoms with Gasteiger partial charge in [-0.15, -0.1) is 0 Å². The van der Waals surface area contributed by atoms with Crippen molar-refractivity contribution in [2.24, 2.45) is 5.10 Å². The normalized spacial score (nSPS) is 11.6. The van der Waals surface area contributed by atoms with Gasteiger partial charge >= 0.3 is 6.61 Å². The third-order valence-electron chi connectivity index (χ3n) is 4.05. The minimum Gasteiger partial charge on any atom is -0.490 e. The van der Waals surface area contributed by atoms with Gasteiger partial charge in [0, 0.05) is 10.9 Å². The first-order chi connectivity index (χ1) is 14.2. The summed E-state index contributed by atoms with van der Waals surface area (Å²) < 4.78 is 41.4. The van der Waals surface area contributed by atoms with Gasteiger partial charge in [-0.3, -0.25) is 5.43 Å². The number of anilines is 1. The van der Waals surface area contributed by atoms with Crippen molar-refractivity contribution >= 4 is 34.1 Å². The highest BCUT2D eigenvalue weighted by atomic mass is 19.3. The molecule has 0 unspecified atom stereocenters. The Morgan fingerprint density at radius 3 is 2.86 bits per heavy atom. The van der Waals surface area contributed by atoms with Crippen LogP contribution in [-0.4, -0.2) is 29.4 Å². The van der Waals surface area contributed by atoms with Crippen molar-refractivity contribution in [2.75, 3.05) is 12.0 Å². The van der Waals surface area contributed by atoms with E-state index >= 15 is 0 Å². The molecule has 0 bridgehead atoms. The average Bonchev–Trinajstić information content (AvgIpc) is 3.10. The van der Waals surface area contributed by atoms with Gasteiger partial charge < -0.3 is 13.9 Å². The van der Waals surface area contributed by atoms with Crippen LogP contribution < -0.4 is 14.9 Å². The second-order valence-electron chi connectivity index (χ2n) is 5.85. The molecule has 0 saturated carbocycles. The third-order valence-corrected chi connectivity index (χ3v) is 4.05. The number of aromatic nitrogens is 2. The topological polar surface area (TPSA) is 81.8 Å². The Labute approximate surface area is 164 Å². The number of hydrogen-bond donors (Lipinski definition) is 1. The number of fused-ring (bicyclic) bond motifs is 3. The quantitative estimate of drug-likeness (QED) is 0.355. The van der Waals surface area contributed by atoms with E-state index in [0.717, 1.165) is 5.39 Å². The van der Waals surface area contributed by atoms with Crippen LogP contribution in [-0.2, 0) is 0 Å². The van der Waals surface area contributed by atoms with Crippen molar-refractivity contribution < 1.29 is 22.7 Å². The summed E-state index contributed by atoms with van der Waals surface area (Å²) in [5, 5.41) is 4.95. The molecule has 4 rings (SSSR count). The maximum atomic E-state index is 12.8. The molecule has 2 heterocycles. The molecule has 2 aromatic carbocycles. The zero-order chi connectivity index (χ0) is 20.2. The van der Waals surface area contributed by atoms with Gasteiger partial charge in [0.25, 0.3) is 0 Å². The van der Waals surface area contributed by atoms with Crippen LogP contribution in [0.25, 0.3) is 22.1 Å². The molecular weight excluding hydrogens is 382 g/mol. The number of furan rings is 1. The van der Waals surface area contributed by atoms with Crippen molar-refractivity contribution in [3.8, 4) is 11.5 Å². The highest BCUT2D eigenvalue weighted by molar-refractivity contribution is 6.05. The van der Waals surface area contributed by atoms with Gasteiger partial charge in [-0.25, -0.2) is 9.97 Å². The van der Waals surface area contributed by atoms with E-state index in [4.69, 9.17) is 9.15 Å². The zero-order valence-corrected chi connectivity index (χ0v) is 15.3. The minimum absolute atomic E-state index is 0.0912. The molecule has 7 nitrogen and oxygen atoms in total. The molecule has 4 aromatic rings. The molecule has 0 radical (unpaired) electrons. The molecule has 1 N–H and O–H groups in total. The summed E-state index contributed by atoms with van der Waals surface area (Å²) in [5.41, 5.74) is 4.85. The smallest absolute Gasteiger partial charge is 0.387 e. The minimum atomic E-state index is -2.99. The molecule has 0 aliphatic heterocycles. The highest BCUT2D eigenvalue weighted by Gasteiger charge is 2.15. The number of alkyl halides is 2. The van der Waals surface area contributed by atoms with Crippen LogP contribution in [0.15, 0.2) is 58.3 Å². The maximum Gasteiger partial charge on any atom is 0.387 e. The van der Waals surface area contributed by atoms with E-state index in [2.05, 4.69) is 25.2 Å². The lowest BCUT2D eigenvalue weighted by Gasteiger charge is -2.13. The van der Waals surface area contributed by atoms with E-state index in [1.165, 1.54) is 12.5 Å². The molecular formula is C20H16F2N4O3. The number of nitrogens with zero attached hydrogens (tertiary/aromatic N) is 3. The van der Waals surface area contributed by atoms with E-state index in [-0.39, 0.29) is 11.5 Å². The fraction of sp³-hybridized carbons (Fsp3) is 0.150. The van der Waals surface area contributed by atoms with Crippen LogP contribution in [0.1, 0.15) is 12.5 Å². The van der Waals surface area contributed by atoms with Crippen LogP contribution in [0.3, 0.4) is 0 Å².